The average molecular weight is 522 g/mol. The molecule has 0 N–H and O–H groups in total. The first kappa shape index (κ1) is 24.4. The number of cyclic esters (lactones) is 1. The lowest BCUT2D eigenvalue weighted by Gasteiger charge is -2.27. The Hall–Kier alpha value is -3.90. The summed E-state index contributed by atoms with van der Waals surface area (Å²) in [5, 5.41) is 11.9. The molecule has 1 amide bonds. The maximum Gasteiger partial charge on any atom is 0.414 e. The number of amides is 1. The van der Waals surface area contributed by atoms with E-state index in [4.69, 9.17) is 14.3 Å². The van der Waals surface area contributed by atoms with Crippen molar-refractivity contribution in [3.8, 4) is 11.1 Å². The van der Waals surface area contributed by atoms with E-state index in [1.54, 1.807) is 35.4 Å². The number of rotatable bonds is 8. The van der Waals surface area contributed by atoms with Crippen molar-refractivity contribution < 1.29 is 23.5 Å². The predicted molar refractivity (Wildman–Crippen MR) is 135 cm³/mol. The van der Waals surface area contributed by atoms with E-state index in [9.17, 15) is 4.79 Å². The molecule has 0 unspecified atom stereocenters. The molecule has 0 radical (unpaired) electrons. The van der Waals surface area contributed by atoms with Crippen LogP contribution >= 0.6 is 0 Å². The summed E-state index contributed by atoms with van der Waals surface area (Å²) in [5.74, 6) is -0.442. The lowest BCUT2D eigenvalue weighted by Crippen LogP contribution is -2.41. The minimum atomic E-state index is -0.488. The Morgan fingerprint density at radius 1 is 1.11 bits per heavy atom. The number of carbonyl (C=O) groups is 1. The van der Waals surface area contributed by atoms with Crippen molar-refractivity contribution in [2.45, 2.75) is 31.6 Å². The fraction of sp³-hybridized carbons (Fsp3) is 0.423. The second-order valence-electron chi connectivity index (χ2n) is 9.55. The fourth-order valence-corrected chi connectivity index (χ4v) is 4.89. The largest absolute Gasteiger partial charge is 0.444 e. The van der Waals surface area contributed by atoms with Gasteiger partial charge in [-0.15, -0.1) is 5.10 Å². The number of carbonyl (C=O) groups excluding carboxylic acids is 1. The van der Waals surface area contributed by atoms with Crippen LogP contribution in [-0.4, -0.2) is 88.3 Å². The quantitative estimate of drug-likeness (QED) is 0.446. The van der Waals surface area contributed by atoms with Crippen LogP contribution in [0.25, 0.3) is 11.1 Å². The molecule has 3 aliphatic heterocycles. The first-order chi connectivity index (χ1) is 18.6. The number of hydrogen-bond donors (Lipinski definition) is 0. The minimum Gasteiger partial charge on any atom is -0.444 e. The molecule has 0 spiro atoms. The van der Waals surface area contributed by atoms with E-state index in [-0.39, 0.29) is 12.2 Å². The van der Waals surface area contributed by atoms with Crippen LogP contribution in [0, 0.1) is 5.82 Å². The zero-order valence-corrected chi connectivity index (χ0v) is 20.8. The smallest absolute Gasteiger partial charge is 0.414 e. The summed E-state index contributed by atoms with van der Waals surface area (Å²) in [6.07, 6.45) is 5.46. The third-order valence-corrected chi connectivity index (χ3v) is 6.96. The van der Waals surface area contributed by atoms with Crippen molar-refractivity contribution >= 4 is 17.5 Å². The highest BCUT2D eigenvalue weighted by Crippen LogP contribution is 2.30. The number of aryl methyl sites for hydroxylation is 1. The number of anilines is 1. The molecule has 3 aromatic rings. The summed E-state index contributed by atoms with van der Waals surface area (Å²) in [6.45, 7) is 5.02. The van der Waals surface area contributed by atoms with Crippen molar-refractivity contribution in [2.75, 3.05) is 44.3 Å². The van der Waals surface area contributed by atoms with Crippen molar-refractivity contribution in [3.05, 3.63) is 60.4 Å². The molecule has 198 valence electrons. The van der Waals surface area contributed by atoms with Crippen LogP contribution in [0.1, 0.15) is 18.5 Å². The first-order valence-electron chi connectivity index (χ1n) is 12.7. The van der Waals surface area contributed by atoms with Gasteiger partial charge in [0, 0.05) is 62.5 Å². The van der Waals surface area contributed by atoms with Crippen molar-refractivity contribution in [3.63, 3.8) is 0 Å². The van der Waals surface area contributed by atoms with Crippen molar-refractivity contribution in [1.82, 2.24) is 24.9 Å². The number of oxime groups is 1. The van der Waals surface area contributed by atoms with Crippen LogP contribution in [0.15, 0.2) is 54.1 Å². The molecule has 5 heterocycles. The molecular weight excluding hydrogens is 493 g/mol. The molecule has 38 heavy (non-hydrogen) atoms. The molecule has 0 bridgehead atoms. The summed E-state index contributed by atoms with van der Waals surface area (Å²) < 4.78 is 27.7. The van der Waals surface area contributed by atoms with Crippen LogP contribution in [0.3, 0.4) is 0 Å². The Labute approximate surface area is 218 Å². The number of morpholine rings is 1. The van der Waals surface area contributed by atoms with Crippen LogP contribution in [0.2, 0.25) is 0 Å². The molecule has 2 atom stereocenters. The Morgan fingerprint density at radius 3 is 2.76 bits per heavy atom. The highest BCUT2D eigenvalue weighted by Gasteiger charge is 2.32. The SMILES string of the molecule is O=C1O[C@H](CCn2ccnn2)CN1c1ccc(-c2ccc(C3=NO[C@H](CN4CCOCC4)C3)nc2)c(F)c1. The highest BCUT2D eigenvalue weighted by atomic mass is 19.1. The molecular formula is C26H28FN7O4. The maximum atomic E-state index is 15.1. The maximum absolute atomic E-state index is 15.1. The van der Waals surface area contributed by atoms with Gasteiger partial charge in [-0.1, -0.05) is 16.4 Å². The molecule has 0 saturated carbocycles. The monoisotopic (exact) mass is 521 g/mol. The Bertz CT molecular complexity index is 1300. The van der Waals surface area contributed by atoms with Crippen molar-refractivity contribution in [1.29, 1.82) is 0 Å². The van der Waals surface area contributed by atoms with Crippen LogP contribution in [0.4, 0.5) is 14.9 Å². The van der Waals surface area contributed by atoms with E-state index in [1.807, 2.05) is 12.1 Å². The molecule has 2 saturated heterocycles. The standard InChI is InChI=1S/C26H28FN7O4/c27-23-13-19(34-17-20(37-26(34)35)5-7-33-8-6-29-31-33)2-3-22(23)18-1-4-24(28-15-18)25-14-21(38-30-25)16-32-9-11-36-12-10-32/h1-4,6,8,13,15,20-21H,5,7,9-12,14,16-17H2/t20-,21+/m1/s1. The number of ether oxygens (including phenoxy) is 2. The third-order valence-electron chi connectivity index (χ3n) is 6.96. The van der Waals surface area contributed by atoms with Gasteiger partial charge in [0.2, 0.25) is 0 Å². The molecule has 2 fully saturated rings. The molecule has 12 heteroatoms. The van der Waals surface area contributed by atoms with E-state index in [2.05, 4.69) is 25.4 Å². The summed E-state index contributed by atoms with van der Waals surface area (Å²) in [7, 11) is 0. The van der Waals surface area contributed by atoms with Crippen molar-refractivity contribution in [2.24, 2.45) is 5.16 Å². The minimum absolute atomic E-state index is 0.00555. The molecule has 6 rings (SSSR count). The van der Waals surface area contributed by atoms with Gasteiger partial charge in [-0.05, 0) is 24.3 Å². The van der Waals surface area contributed by atoms with E-state index in [1.165, 1.54) is 11.0 Å². The van der Waals surface area contributed by atoms with Gasteiger partial charge in [-0.25, -0.2) is 9.18 Å². The van der Waals surface area contributed by atoms with Crippen LogP contribution < -0.4 is 4.90 Å². The average Bonchev–Trinajstić information content (AvgIpc) is 3.70. The molecule has 2 aromatic heterocycles. The highest BCUT2D eigenvalue weighted by molar-refractivity contribution is 5.99. The number of halogens is 1. The lowest BCUT2D eigenvalue weighted by atomic mass is 10.0. The molecule has 1 aromatic carbocycles. The number of hydrogen-bond acceptors (Lipinski definition) is 9. The van der Waals surface area contributed by atoms with Gasteiger partial charge >= 0.3 is 6.09 Å². The predicted octanol–water partition coefficient (Wildman–Crippen LogP) is 2.72. The second kappa shape index (κ2) is 10.8. The summed E-state index contributed by atoms with van der Waals surface area (Å²) in [5.41, 5.74) is 2.99. The van der Waals surface area contributed by atoms with Gasteiger partial charge in [-0.3, -0.25) is 19.5 Å². The zero-order valence-electron chi connectivity index (χ0n) is 20.8. The van der Waals surface area contributed by atoms with Gasteiger partial charge in [0.25, 0.3) is 0 Å². The Morgan fingerprint density at radius 2 is 2.00 bits per heavy atom. The summed E-state index contributed by atoms with van der Waals surface area (Å²) >= 11 is 0. The number of aromatic nitrogens is 4. The number of pyridine rings is 1. The molecule has 11 nitrogen and oxygen atoms in total. The molecule has 0 aliphatic carbocycles. The third kappa shape index (κ3) is 5.36. The lowest BCUT2D eigenvalue weighted by molar-refractivity contribution is -0.0000402. The summed E-state index contributed by atoms with van der Waals surface area (Å²) in [4.78, 5) is 26.3. The number of benzene rings is 1. The number of nitrogens with zero attached hydrogens (tertiary/aromatic N) is 7. The van der Waals surface area contributed by atoms with Gasteiger partial charge in [-0.2, -0.15) is 0 Å². The van der Waals surface area contributed by atoms with Crippen LogP contribution in [0.5, 0.6) is 0 Å². The zero-order chi connectivity index (χ0) is 25.9. The van der Waals surface area contributed by atoms with E-state index in [0.717, 1.165) is 38.6 Å². The summed E-state index contributed by atoms with van der Waals surface area (Å²) in [6, 6.07) is 8.39. The molecule has 3 aliphatic rings. The Kier molecular flexibility index (Phi) is 6.97. The van der Waals surface area contributed by atoms with E-state index in [0.29, 0.717) is 48.4 Å². The normalized spacial score (nSPS) is 21.9. The first-order valence-corrected chi connectivity index (χ1v) is 12.7. The van der Waals surface area contributed by atoms with Crippen LogP contribution in [-0.2, 0) is 20.9 Å². The van der Waals surface area contributed by atoms with Gasteiger partial charge in [0.05, 0.1) is 37.3 Å². The Balaban J connectivity index is 1.07. The van der Waals surface area contributed by atoms with Gasteiger partial charge < -0.3 is 14.3 Å². The fourth-order valence-electron chi connectivity index (χ4n) is 4.89. The van der Waals surface area contributed by atoms with Gasteiger partial charge in [0.15, 0.2) is 0 Å². The second-order valence-corrected chi connectivity index (χ2v) is 9.55. The van der Waals surface area contributed by atoms with E-state index >= 15 is 4.39 Å². The topological polar surface area (TPSA) is 107 Å². The van der Waals surface area contributed by atoms with E-state index < -0.39 is 11.9 Å². The van der Waals surface area contributed by atoms with Gasteiger partial charge in [0.1, 0.15) is 23.7 Å².